The Morgan fingerprint density at radius 3 is 2.61 bits per heavy atom. The summed E-state index contributed by atoms with van der Waals surface area (Å²) < 4.78 is 5.88. The van der Waals surface area contributed by atoms with Crippen LogP contribution in [0.1, 0.15) is 26.2 Å². The molecule has 18 heavy (non-hydrogen) atoms. The number of nitrogens with two attached hydrogens (primary N) is 1. The van der Waals surface area contributed by atoms with Crippen molar-refractivity contribution in [2.45, 2.75) is 32.3 Å². The topological polar surface area (TPSA) is 41.7 Å². The van der Waals surface area contributed by atoms with Gasteiger partial charge in [-0.05, 0) is 51.4 Å². The van der Waals surface area contributed by atoms with Gasteiger partial charge in [0.05, 0.1) is 12.7 Å². The third-order valence-corrected chi connectivity index (χ3v) is 4.41. The van der Waals surface area contributed by atoms with Gasteiger partial charge in [0.15, 0.2) is 0 Å². The Balaban J connectivity index is 1.67. The first-order valence-electron chi connectivity index (χ1n) is 7.58. The number of ether oxygens (including phenoxy) is 1. The van der Waals surface area contributed by atoms with Crippen LogP contribution in [-0.2, 0) is 4.74 Å². The maximum atomic E-state index is 5.88. The predicted octanol–water partition coefficient (Wildman–Crippen LogP) is 0.768. The molecule has 0 spiro atoms. The summed E-state index contributed by atoms with van der Waals surface area (Å²) in [5, 5.41) is 0. The van der Waals surface area contributed by atoms with Crippen molar-refractivity contribution in [3.8, 4) is 0 Å². The Labute approximate surface area is 111 Å². The molecule has 0 aromatic rings. The summed E-state index contributed by atoms with van der Waals surface area (Å²) in [6, 6.07) is 0. The van der Waals surface area contributed by atoms with Crippen molar-refractivity contribution in [2.75, 3.05) is 52.4 Å². The third-order valence-electron chi connectivity index (χ3n) is 4.41. The van der Waals surface area contributed by atoms with E-state index in [1.807, 2.05) is 0 Å². The molecular formula is C14H29N3O. The number of likely N-dealkylation sites (tertiary alicyclic amines) is 1. The highest BCUT2D eigenvalue weighted by Gasteiger charge is 2.24. The van der Waals surface area contributed by atoms with Crippen molar-refractivity contribution in [3.05, 3.63) is 0 Å². The number of likely N-dealkylation sites (N-methyl/N-ethyl adjacent to an activating group) is 1. The first-order valence-corrected chi connectivity index (χ1v) is 7.58. The molecule has 1 unspecified atom stereocenters. The van der Waals surface area contributed by atoms with E-state index in [-0.39, 0.29) is 0 Å². The smallest absolute Gasteiger partial charge is 0.0829 e. The highest BCUT2D eigenvalue weighted by molar-refractivity contribution is 4.78. The van der Waals surface area contributed by atoms with Gasteiger partial charge in [-0.25, -0.2) is 0 Å². The zero-order chi connectivity index (χ0) is 12.8. The summed E-state index contributed by atoms with van der Waals surface area (Å²) in [7, 11) is 0. The molecule has 106 valence electrons. The average molecular weight is 255 g/mol. The summed E-state index contributed by atoms with van der Waals surface area (Å²) in [6.07, 6.45) is 4.27. The van der Waals surface area contributed by atoms with Crippen molar-refractivity contribution in [2.24, 2.45) is 11.7 Å². The molecule has 0 radical (unpaired) electrons. The molecule has 0 amide bonds. The van der Waals surface area contributed by atoms with Crippen LogP contribution in [0.15, 0.2) is 0 Å². The van der Waals surface area contributed by atoms with E-state index in [4.69, 9.17) is 10.5 Å². The van der Waals surface area contributed by atoms with Gasteiger partial charge in [0.2, 0.25) is 0 Å². The second-order valence-corrected chi connectivity index (χ2v) is 5.71. The second kappa shape index (κ2) is 7.43. The molecule has 2 heterocycles. The number of rotatable bonds is 5. The van der Waals surface area contributed by atoms with Gasteiger partial charge in [0.1, 0.15) is 0 Å². The molecule has 2 aliphatic heterocycles. The highest BCUT2D eigenvalue weighted by atomic mass is 16.5. The summed E-state index contributed by atoms with van der Waals surface area (Å²) in [5.41, 5.74) is 5.63. The zero-order valence-electron chi connectivity index (χ0n) is 11.8. The van der Waals surface area contributed by atoms with E-state index in [0.717, 1.165) is 45.2 Å². The normalized spacial score (nSPS) is 28.7. The summed E-state index contributed by atoms with van der Waals surface area (Å²) in [4.78, 5) is 5.08. The van der Waals surface area contributed by atoms with Crippen molar-refractivity contribution in [1.82, 2.24) is 9.80 Å². The third kappa shape index (κ3) is 4.19. The Bertz CT molecular complexity index is 229. The van der Waals surface area contributed by atoms with Crippen LogP contribution in [0.4, 0.5) is 0 Å². The minimum atomic E-state index is 0.421. The summed E-state index contributed by atoms with van der Waals surface area (Å²) >= 11 is 0. The van der Waals surface area contributed by atoms with Crippen molar-refractivity contribution in [1.29, 1.82) is 0 Å². The monoisotopic (exact) mass is 255 g/mol. The van der Waals surface area contributed by atoms with E-state index >= 15 is 0 Å². The lowest BCUT2D eigenvalue weighted by Gasteiger charge is -2.38. The summed E-state index contributed by atoms with van der Waals surface area (Å²) in [5.74, 6) is 0.866. The molecule has 0 saturated carbocycles. The van der Waals surface area contributed by atoms with Crippen LogP contribution in [0.25, 0.3) is 0 Å². The van der Waals surface area contributed by atoms with Gasteiger partial charge in [-0.3, -0.25) is 4.90 Å². The molecule has 0 aliphatic carbocycles. The van der Waals surface area contributed by atoms with Gasteiger partial charge in [-0.2, -0.15) is 0 Å². The van der Waals surface area contributed by atoms with E-state index in [2.05, 4.69) is 16.7 Å². The minimum Gasteiger partial charge on any atom is -0.374 e. The quantitative estimate of drug-likeness (QED) is 0.788. The number of nitrogens with zero attached hydrogens (tertiary/aromatic N) is 2. The number of morpholine rings is 1. The van der Waals surface area contributed by atoms with Crippen molar-refractivity contribution >= 4 is 0 Å². The summed E-state index contributed by atoms with van der Waals surface area (Å²) in [6.45, 7) is 10.9. The molecule has 4 nitrogen and oxygen atoms in total. The molecule has 1 atom stereocenters. The maximum absolute atomic E-state index is 5.88. The molecule has 2 N–H and O–H groups in total. The van der Waals surface area contributed by atoms with Crippen LogP contribution in [0.5, 0.6) is 0 Å². The van der Waals surface area contributed by atoms with Crippen LogP contribution in [0.2, 0.25) is 0 Å². The molecule has 2 rings (SSSR count). The van der Waals surface area contributed by atoms with Gasteiger partial charge in [0, 0.05) is 19.6 Å². The second-order valence-electron chi connectivity index (χ2n) is 5.71. The Hall–Kier alpha value is -0.160. The Kier molecular flexibility index (Phi) is 5.89. The number of hydrogen-bond donors (Lipinski definition) is 1. The zero-order valence-corrected chi connectivity index (χ0v) is 11.8. The highest BCUT2D eigenvalue weighted by Crippen LogP contribution is 2.20. The molecule has 2 fully saturated rings. The molecule has 2 aliphatic rings. The number of piperidine rings is 1. The van der Waals surface area contributed by atoms with E-state index < -0.39 is 0 Å². The maximum Gasteiger partial charge on any atom is 0.0829 e. The lowest BCUT2D eigenvalue weighted by Crippen LogP contribution is -2.48. The van der Waals surface area contributed by atoms with E-state index in [1.165, 1.54) is 32.4 Å². The van der Waals surface area contributed by atoms with Crippen LogP contribution < -0.4 is 5.73 Å². The number of hydrogen-bond acceptors (Lipinski definition) is 4. The van der Waals surface area contributed by atoms with Gasteiger partial charge in [0.25, 0.3) is 0 Å². The van der Waals surface area contributed by atoms with Crippen LogP contribution in [-0.4, -0.2) is 68.3 Å². The predicted molar refractivity (Wildman–Crippen MR) is 74.7 cm³/mol. The van der Waals surface area contributed by atoms with E-state index in [0.29, 0.717) is 6.10 Å². The molecule has 2 saturated heterocycles. The van der Waals surface area contributed by atoms with Crippen LogP contribution >= 0.6 is 0 Å². The van der Waals surface area contributed by atoms with E-state index in [1.54, 1.807) is 0 Å². The molecular weight excluding hydrogens is 226 g/mol. The fourth-order valence-electron chi connectivity index (χ4n) is 3.16. The van der Waals surface area contributed by atoms with Crippen molar-refractivity contribution < 1.29 is 4.74 Å². The van der Waals surface area contributed by atoms with Crippen LogP contribution in [0.3, 0.4) is 0 Å². The first kappa shape index (κ1) is 14.3. The Morgan fingerprint density at radius 2 is 1.94 bits per heavy atom. The molecule has 0 bridgehead atoms. The lowest BCUT2D eigenvalue weighted by molar-refractivity contribution is -0.0453. The molecule has 0 aromatic heterocycles. The van der Waals surface area contributed by atoms with Gasteiger partial charge in [-0.15, -0.1) is 0 Å². The van der Waals surface area contributed by atoms with Crippen molar-refractivity contribution in [3.63, 3.8) is 0 Å². The molecule has 4 heteroatoms. The lowest BCUT2D eigenvalue weighted by atomic mass is 9.93. The Morgan fingerprint density at radius 1 is 1.17 bits per heavy atom. The standard InChI is InChI=1S/C14H29N3O/c1-2-16-9-10-18-14(11-16)12-17-7-4-13(3-6-15)5-8-17/h13-14H,2-12,15H2,1H3. The van der Waals surface area contributed by atoms with Gasteiger partial charge in [-0.1, -0.05) is 6.92 Å². The molecule has 0 aromatic carbocycles. The fourth-order valence-corrected chi connectivity index (χ4v) is 3.16. The fraction of sp³-hybridized carbons (Fsp3) is 1.00. The van der Waals surface area contributed by atoms with Crippen LogP contribution in [0, 0.1) is 5.92 Å². The van der Waals surface area contributed by atoms with Gasteiger partial charge < -0.3 is 15.4 Å². The van der Waals surface area contributed by atoms with Gasteiger partial charge >= 0.3 is 0 Å². The largest absolute Gasteiger partial charge is 0.374 e. The minimum absolute atomic E-state index is 0.421. The van der Waals surface area contributed by atoms with E-state index in [9.17, 15) is 0 Å². The first-order chi connectivity index (χ1) is 8.81. The average Bonchev–Trinajstić information content (AvgIpc) is 2.42. The SMILES string of the molecule is CCN1CCOC(CN2CCC(CCN)CC2)C1.